The third-order valence-electron chi connectivity index (χ3n) is 1.64. The monoisotopic (exact) mass is 189 g/mol. The highest BCUT2D eigenvalue weighted by molar-refractivity contribution is 5.33. The van der Waals surface area contributed by atoms with Gasteiger partial charge in [-0.2, -0.15) is 9.94 Å². The van der Waals surface area contributed by atoms with Crippen molar-refractivity contribution < 1.29 is 4.39 Å². The highest BCUT2D eigenvalue weighted by atomic mass is 19.1. The Balaban J connectivity index is 2.50. The van der Waals surface area contributed by atoms with Gasteiger partial charge < -0.3 is 0 Å². The van der Waals surface area contributed by atoms with Crippen molar-refractivity contribution in [2.75, 3.05) is 0 Å². The lowest BCUT2D eigenvalue weighted by atomic mass is 10.3. The molecule has 5 nitrogen and oxygen atoms in total. The maximum atomic E-state index is 12.6. The van der Waals surface area contributed by atoms with Crippen LogP contribution in [-0.2, 0) is 0 Å². The zero-order valence-corrected chi connectivity index (χ0v) is 6.92. The van der Waals surface area contributed by atoms with Gasteiger partial charge >= 0.3 is 0 Å². The first-order chi connectivity index (χ1) is 6.81. The summed E-state index contributed by atoms with van der Waals surface area (Å²) in [5.41, 5.74) is 0.549. The Labute approximate surface area is 78.4 Å². The fourth-order valence-corrected chi connectivity index (χ4v) is 1.01. The van der Waals surface area contributed by atoms with Gasteiger partial charge in [-0.15, -0.1) is 0 Å². The number of rotatable bonds is 1. The van der Waals surface area contributed by atoms with Crippen LogP contribution >= 0.6 is 0 Å². The van der Waals surface area contributed by atoms with Gasteiger partial charge in [-0.05, 0) is 34.7 Å². The molecule has 0 bridgehead atoms. The van der Waals surface area contributed by atoms with E-state index in [1.165, 1.54) is 28.9 Å². The summed E-state index contributed by atoms with van der Waals surface area (Å²) in [6.07, 6.45) is 0. The summed E-state index contributed by atoms with van der Waals surface area (Å²) in [7, 11) is 0. The van der Waals surface area contributed by atoms with Crippen molar-refractivity contribution in [2.24, 2.45) is 0 Å². The molecule has 0 aliphatic rings. The van der Waals surface area contributed by atoms with E-state index >= 15 is 0 Å². The van der Waals surface area contributed by atoms with Crippen LogP contribution in [0.5, 0.6) is 0 Å². The lowest BCUT2D eigenvalue weighted by molar-refractivity contribution is 0.626. The molecule has 0 fully saturated rings. The van der Waals surface area contributed by atoms with Gasteiger partial charge in [0, 0.05) is 0 Å². The second-order valence-electron chi connectivity index (χ2n) is 2.50. The summed E-state index contributed by atoms with van der Waals surface area (Å²) in [5, 5.41) is 19.1. The summed E-state index contributed by atoms with van der Waals surface area (Å²) in [6, 6.07) is 7.36. The Morgan fingerprint density at radius 1 is 1.29 bits per heavy atom. The van der Waals surface area contributed by atoms with Crippen LogP contribution < -0.4 is 0 Å². The van der Waals surface area contributed by atoms with Gasteiger partial charge in [0.25, 0.3) is 5.82 Å². The van der Waals surface area contributed by atoms with Crippen molar-refractivity contribution in [1.82, 2.24) is 20.2 Å². The second-order valence-corrected chi connectivity index (χ2v) is 2.50. The summed E-state index contributed by atoms with van der Waals surface area (Å²) in [4.78, 5) is 0. The van der Waals surface area contributed by atoms with Gasteiger partial charge in [0.1, 0.15) is 11.9 Å². The van der Waals surface area contributed by atoms with Crippen molar-refractivity contribution in [3.05, 3.63) is 35.9 Å². The first-order valence-corrected chi connectivity index (χ1v) is 3.75. The molecular formula is C8H4FN5. The third kappa shape index (κ3) is 1.31. The normalized spacial score (nSPS) is 9.71. The molecule has 14 heavy (non-hydrogen) atoms. The van der Waals surface area contributed by atoms with Crippen LogP contribution in [0.15, 0.2) is 24.3 Å². The average molecular weight is 189 g/mol. The van der Waals surface area contributed by atoms with E-state index in [0.717, 1.165) is 0 Å². The number of benzene rings is 1. The van der Waals surface area contributed by atoms with Gasteiger partial charge in [-0.25, -0.2) is 4.39 Å². The van der Waals surface area contributed by atoms with Crippen molar-refractivity contribution in [2.45, 2.75) is 0 Å². The number of halogens is 1. The molecule has 0 N–H and O–H groups in total. The molecule has 0 atom stereocenters. The van der Waals surface area contributed by atoms with Crippen LogP contribution in [0.25, 0.3) is 5.69 Å². The Hall–Kier alpha value is -2.29. The quantitative estimate of drug-likeness (QED) is 0.661. The Morgan fingerprint density at radius 3 is 2.64 bits per heavy atom. The Bertz CT molecular complexity index is 481. The molecule has 0 amide bonds. The Kier molecular flexibility index (Phi) is 1.91. The van der Waals surface area contributed by atoms with Crippen LogP contribution in [0.1, 0.15) is 5.82 Å². The number of aromatic nitrogens is 4. The molecule has 0 unspecified atom stereocenters. The molecule has 0 radical (unpaired) electrons. The summed E-state index contributed by atoms with van der Waals surface area (Å²) in [6.45, 7) is 0. The fourth-order valence-electron chi connectivity index (χ4n) is 1.01. The second kappa shape index (κ2) is 3.22. The van der Waals surface area contributed by atoms with E-state index in [9.17, 15) is 4.39 Å². The number of nitrogens with zero attached hydrogens (tertiary/aromatic N) is 5. The highest BCUT2D eigenvalue weighted by Crippen LogP contribution is 2.08. The highest BCUT2D eigenvalue weighted by Gasteiger charge is 2.06. The minimum absolute atomic E-state index is 0.0663. The van der Waals surface area contributed by atoms with Crippen molar-refractivity contribution in [3.8, 4) is 11.8 Å². The SMILES string of the molecule is N#Cc1nnnn1-c1ccc(F)cc1. The average Bonchev–Trinajstić information content (AvgIpc) is 2.67. The molecule has 1 aromatic heterocycles. The fraction of sp³-hybridized carbons (Fsp3) is 0. The van der Waals surface area contributed by atoms with Gasteiger partial charge in [-0.3, -0.25) is 0 Å². The summed E-state index contributed by atoms with van der Waals surface area (Å²) in [5.74, 6) is -0.281. The van der Waals surface area contributed by atoms with Crippen LogP contribution in [0.4, 0.5) is 4.39 Å². The van der Waals surface area contributed by atoms with E-state index in [0.29, 0.717) is 5.69 Å². The number of hydrogen-bond acceptors (Lipinski definition) is 4. The predicted octanol–water partition coefficient (Wildman–Crippen LogP) is 0.673. The molecule has 0 aliphatic heterocycles. The van der Waals surface area contributed by atoms with E-state index in [1.807, 2.05) is 6.07 Å². The number of hydrogen-bond donors (Lipinski definition) is 0. The number of tetrazole rings is 1. The van der Waals surface area contributed by atoms with Crippen LogP contribution in [-0.4, -0.2) is 20.2 Å². The van der Waals surface area contributed by atoms with Crippen molar-refractivity contribution in [3.63, 3.8) is 0 Å². The molecule has 0 saturated carbocycles. The lowest BCUT2D eigenvalue weighted by Gasteiger charge is -1.98. The smallest absolute Gasteiger partial charge is 0.207 e. The van der Waals surface area contributed by atoms with Gasteiger partial charge in [-0.1, -0.05) is 5.10 Å². The summed E-state index contributed by atoms with van der Waals surface area (Å²) >= 11 is 0. The van der Waals surface area contributed by atoms with E-state index in [4.69, 9.17) is 5.26 Å². The van der Waals surface area contributed by atoms with Crippen LogP contribution in [0.3, 0.4) is 0 Å². The molecule has 2 rings (SSSR count). The minimum atomic E-state index is -0.347. The van der Waals surface area contributed by atoms with Crippen molar-refractivity contribution >= 4 is 0 Å². The third-order valence-corrected chi connectivity index (χ3v) is 1.64. The molecule has 2 aromatic rings. The van der Waals surface area contributed by atoms with Gasteiger partial charge in [0.05, 0.1) is 5.69 Å². The van der Waals surface area contributed by atoms with E-state index in [1.54, 1.807) is 0 Å². The molecule has 0 aliphatic carbocycles. The first kappa shape index (κ1) is 8.31. The molecule has 0 spiro atoms. The van der Waals surface area contributed by atoms with Gasteiger partial charge in [0.15, 0.2) is 0 Å². The Morgan fingerprint density at radius 2 is 2.00 bits per heavy atom. The first-order valence-electron chi connectivity index (χ1n) is 3.75. The maximum absolute atomic E-state index is 12.6. The van der Waals surface area contributed by atoms with Gasteiger partial charge in [0.2, 0.25) is 0 Å². The van der Waals surface area contributed by atoms with E-state index < -0.39 is 0 Å². The molecule has 1 heterocycles. The van der Waals surface area contributed by atoms with Crippen LogP contribution in [0, 0.1) is 17.1 Å². The molecule has 6 heteroatoms. The summed E-state index contributed by atoms with van der Waals surface area (Å²) < 4.78 is 13.8. The molecule has 0 saturated heterocycles. The molecular weight excluding hydrogens is 185 g/mol. The van der Waals surface area contributed by atoms with Crippen LogP contribution in [0.2, 0.25) is 0 Å². The largest absolute Gasteiger partial charge is 0.257 e. The zero-order chi connectivity index (χ0) is 9.97. The maximum Gasteiger partial charge on any atom is 0.257 e. The van der Waals surface area contributed by atoms with E-state index in [-0.39, 0.29) is 11.6 Å². The number of nitriles is 1. The predicted molar refractivity (Wildman–Crippen MR) is 43.8 cm³/mol. The van der Waals surface area contributed by atoms with Crippen molar-refractivity contribution in [1.29, 1.82) is 5.26 Å². The molecule has 1 aromatic carbocycles. The topological polar surface area (TPSA) is 67.4 Å². The standard InChI is InChI=1S/C8H4FN5/c9-6-1-3-7(4-2-6)14-8(5-10)11-12-13-14/h1-4H. The molecule has 68 valence electrons. The minimum Gasteiger partial charge on any atom is -0.207 e. The zero-order valence-electron chi connectivity index (χ0n) is 6.92. The lowest BCUT2D eigenvalue weighted by Crippen LogP contribution is -1.99. The van der Waals surface area contributed by atoms with E-state index in [2.05, 4.69) is 15.5 Å².